The maximum absolute atomic E-state index is 13.6. The first-order valence-corrected chi connectivity index (χ1v) is 9.41. The summed E-state index contributed by atoms with van der Waals surface area (Å²) < 4.78 is 13.6. The predicted molar refractivity (Wildman–Crippen MR) is 92.0 cm³/mol. The molecule has 1 aromatic carbocycles. The summed E-state index contributed by atoms with van der Waals surface area (Å²) in [4.78, 5) is 28.7. The summed E-state index contributed by atoms with van der Waals surface area (Å²) in [6, 6.07) is 5.79. The number of rotatable bonds is 3. The van der Waals surface area contributed by atoms with Crippen LogP contribution in [0, 0.1) is 5.82 Å². The lowest BCUT2D eigenvalue weighted by molar-refractivity contribution is -0.145. The Balaban J connectivity index is 1.82. The molecular weight excluding hydrogens is 329 g/mol. The molecule has 2 aliphatic rings. The van der Waals surface area contributed by atoms with Crippen LogP contribution in [0.25, 0.3) is 0 Å². The van der Waals surface area contributed by atoms with E-state index in [4.69, 9.17) is 0 Å². The van der Waals surface area contributed by atoms with E-state index in [1.807, 2.05) is 13.0 Å². The van der Waals surface area contributed by atoms with E-state index in [-0.39, 0.29) is 23.7 Å². The zero-order valence-electron chi connectivity index (χ0n) is 13.7. The van der Waals surface area contributed by atoms with Crippen LogP contribution in [-0.4, -0.2) is 58.9 Å². The van der Waals surface area contributed by atoms with Crippen molar-refractivity contribution in [3.05, 3.63) is 35.6 Å². The molecule has 5 nitrogen and oxygen atoms in total. The van der Waals surface area contributed by atoms with Gasteiger partial charge in [-0.25, -0.2) is 4.39 Å². The Morgan fingerprint density at radius 3 is 2.96 bits per heavy atom. The third-order valence-corrected chi connectivity index (χ3v) is 5.56. The highest BCUT2D eigenvalue weighted by molar-refractivity contribution is 7.99. The van der Waals surface area contributed by atoms with Crippen molar-refractivity contribution in [2.24, 2.45) is 0 Å². The van der Waals surface area contributed by atoms with Crippen molar-refractivity contribution in [3.63, 3.8) is 0 Å². The molecule has 2 aliphatic heterocycles. The van der Waals surface area contributed by atoms with Gasteiger partial charge >= 0.3 is 0 Å². The molecule has 3 rings (SSSR count). The highest BCUT2D eigenvalue weighted by Gasteiger charge is 2.39. The molecule has 2 fully saturated rings. The molecule has 1 aromatic rings. The van der Waals surface area contributed by atoms with Crippen molar-refractivity contribution in [3.8, 4) is 0 Å². The van der Waals surface area contributed by atoms with Gasteiger partial charge in [0.25, 0.3) is 0 Å². The molecule has 2 saturated heterocycles. The van der Waals surface area contributed by atoms with Crippen molar-refractivity contribution >= 4 is 23.6 Å². The second kappa shape index (κ2) is 7.53. The highest BCUT2D eigenvalue weighted by Crippen LogP contribution is 2.28. The minimum atomic E-state index is -0.406. The molecule has 7 heteroatoms. The Bertz CT molecular complexity index is 628. The van der Waals surface area contributed by atoms with Crippen LogP contribution < -0.4 is 5.32 Å². The van der Waals surface area contributed by atoms with E-state index in [0.717, 1.165) is 5.56 Å². The van der Waals surface area contributed by atoms with Gasteiger partial charge in [-0.3, -0.25) is 9.59 Å². The molecule has 1 N–H and O–H groups in total. The third-order valence-electron chi connectivity index (χ3n) is 4.55. The van der Waals surface area contributed by atoms with Gasteiger partial charge in [-0.05, 0) is 17.7 Å². The van der Waals surface area contributed by atoms with Crippen molar-refractivity contribution in [1.29, 1.82) is 0 Å². The number of nitrogens with zero attached hydrogens (tertiary/aromatic N) is 2. The predicted octanol–water partition coefficient (Wildman–Crippen LogP) is 1.61. The molecule has 130 valence electrons. The maximum Gasteiger partial charge on any atom is 0.246 e. The number of hydrogen-bond donors (Lipinski definition) is 1. The summed E-state index contributed by atoms with van der Waals surface area (Å²) in [5.74, 6) is 0.877. The number of carbonyl (C=O) groups is 2. The molecule has 0 spiro atoms. The van der Waals surface area contributed by atoms with Gasteiger partial charge in [-0.15, -0.1) is 11.8 Å². The van der Waals surface area contributed by atoms with Gasteiger partial charge in [0, 0.05) is 31.8 Å². The molecule has 0 saturated carbocycles. The van der Waals surface area contributed by atoms with Crippen LogP contribution in [0.4, 0.5) is 4.39 Å². The lowest BCUT2D eigenvalue weighted by Gasteiger charge is -2.39. The normalized spacial score (nSPS) is 24.2. The Kier molecular flexibility index (Phi) is 5.40. The maximum atomic E-state index is 13.6. The first kappa shape index (κ1) is 17.2. The molecule has 0 radical (unpaired) electrons. The van der Waals surface area contributed by atoms with Crippen LogP contribution in [0.2, 0.25) is 0 Å². The van der Waals surface area contributed by atoms with E-state index in [9.17, 15) is 14.0 Å². The molecule has 2 amide bonds. The van der Waals surface area contributed by atoms with E-state index < -0.39 is 6.04 Å². The first-order valence-electron chi connectivity index (χ1n) is 8.25. The van der Waals surface area contributed by atoms with Crippen LogP contribution in [-0.2, 0) is 9.59 Å². The second-order valence-corrected chi connectivity index (χ2v) is 7.04. The monoisotopic (exact) mass is 351 g/mol. The van der Waals surface area contributed by atoms with Gasteiger partial charge in [0.1, 0.15) is 11.9 Å². The Labute approximate surface area is 145 Å². The lowest BCUT2D eigenvalue weighted by Crippen LogP contribution is -2.55. The summed E-state index contributed by atoms with van der Waals surface area (Å²) in [6.45, 7) is 3.68. The summed E-state index contributed by atoms with van der Waals surface area (Å²) >= 11 is 1.61. The third kappa shape index (κ3) is 3.42. The average Bonchev–Trinajstić information content (AvgIpc) is 3.10. The quantitative estimate of drug-likeness (QED) is 0.899. The fraction of sp³-hybridized carbons (Fsp3) is 0.529. The summed E-state index contributed by atoms with van der Waals surface area (Å²) in [5.41, 5.74) is 0.787. The van der Waals surface area contributed by atoms with Gasteiger partial charge < -0.3 is 15.1 Å². The van der Waals surface area contributed by atoms with Crippen molar-refractivity contribution in [2.45, 2.75) is 25.4 Å². The molecule has 0 bridgehead atoms. The zero-order valence-corrected chi connectivity index (χ0v) is 14.5. The molecule has 0 aromatic heterocycles. The van der Waals surface area contributed by atoms with Crippen LogP contribution in [0.1, 0.15) is 24.9 Å². The van der Waals surface area contributed by atoms with Crippen LogP contribution in [0.5, 0.6) is 0 Å². The minimum absolute atomic E-state index is 0.00999. The molecule has 2 atom stereocenters. The Morgan fingerprint density at radius 1 is 1.38 bits per heavy atom. The standard InChI is InChI=1S/C17H22FN3O2S/c1-2-16(22)21-11-24-10-15(21)17(23)20-7-6-19-9-14(20)12-4-3-5-13(18)8-12/h3-5,8,14-15,19H,2,6-7,9-11H2,1H3. The lowest BCUT2D eigenvalue weighted by atomic mass is 10.0. The number of hydrogen-bond acceptors (Lipinski definition) is 4. The number of benzene rings is 1. The number of carbonyl (C=O) groups excluding carboxylic acids is 2. The topological polar surface area (TPSA) is 52.7 Å². The first-order chi connectivity index (χ1) is 11.6. The van der Waals surface area contributed by atoms with Gasteiger partial charge in [0.2, 0.25) is 11.8 Å². The van der Waals surface area contributed by atoms with E-state index in [0.29, 0.717) is 37.7 Å². The second-order valence-electron chi connectivity index (χ2n) is 6.04. The summed E-state index contributed by atoms with van der Waals surface area (Å²) in [6.07, 6.45) is 0.402. The largest absolute Gasteiger partial charge is 0.331 e. The fourth-order valence-electron chi connectivity index (χ4n) is 3.27. The summed E-state index contributed by atoms with van der Waals surface area (Å²) in [7, 11) is 0. The van der Waals surface area contributed by atoms with Crippen molar-refractivity contribution in [2.75, 3.05) is 31.3 Å². The number of nitrogens with one attached hydrogen (secondary N) is 1. The van der Waals surface area contributed by atoms with E-state index in [1.54, 1.807) is 27.6 Å². The van der Waals surface area contributed by atoms with Gasteiger partial charge in [-0.1, -0.05) is 19.1 Å². The Hall–Kier alpha value is -1.60. The number of halogens is 1. The van der Waals surface area contributed by atoms with E-state index in [2.05, 4.69) is 5.32 Å². The van der Waals surface area contributed by atoms with Gasteiger partial charge in [0.05, 0.1) is 11.9 Å². The average molecular weight is 351 g/mol. The minimum Gasteiger partial charge on any atom is -0.331 e. The Morgan fingerprint density at radius 2 is 2.21 bits per heavy atom. The van der Waals surface area contributed by atoms with Crippen molar-refractivity contribution in [1.82, 2.24) is 15.1 Å². The van der Waals surface area contributed by atoms with Gasteiger partial charge in [-0.2, -0.15) is 0 Å². The van der Waals surface area contributed by atoms with Crippen molar-refractivity contribution < 1.29 is 14.0 Å². The van der Waals surface area contributed by atoms with E-state index >= 15 is 0 Å². The molecule has 24 heavy (non-hydrogen) atoms. The van der Waals surface area contributed by atoms with E-state index in [1.165, 1.54) is 12.1 Å². The molecular formula is C17H22FN3O2S. The highest BCUT2D eigenvalue weighted by atomic mass is 32.2. The number of thioether (sulfide) groups is 1. The number of amides is 2. The molecule has 0 aliphatic carbocycles. The van der Waals surface area contributed by atoms with Gasteiger partial charge in [0.15, 0.2) is 0 Å². The number of piperazine rings is 1. The zero-order chi connectivity index (χ0) is 17.1. The summed E-state index contributed by atoms with van der Waals surface area (Å²) in [5, 5.41) is 3.27. The molecule has 2 heterocycles. The smallest absolute Gasteiger partial charge is 0.246 e. The molecule has 2 unspecified atom stereocenters. The van der Waals surface area contributed by atoms with Crippen LogP contribution in [0.15, 0.2) is 24.3 Å². The fourth-order valence-corrected chi connectivity index (χ4v) is 4.44. The van der Waals surface area contributed by atoms with Crippen LogP contribution in [0.3, 0.4) is 0 Å². The SMILES string of the molecule is CCC(=O)N1CSCC1C(=O)N1CCNCC1c1cccc(F)c1. The van der Waals surface area contributed by atoms with Crippen LogP contribution >= 0.6 is 11.8 Å².